The minimum Gasteiger partial charge on any atom is -0.330 e. The van der Waals surface area contributed by atoms with Crippen LogP contribution in [0.15, 0.2) is 33.4 Å². The fraction of sp³-hybridized carbons (Fsp3) is 0.200. The van der Waals surface area contributed by atoms with Gasteiger partial charge in [-0.25, -0.2) is 4.63 Å². The van der Waals surface area contributed by atoms with Crippen molar-refractivity contribution in [3.05, 3.63) is 34.4 Å². The Labute approximate surface area is 95.6 Å². The van der Waals surface area contributed by atoms with Gasteiger partial charge in [0, 0.05) is 16.5 Å². The molecule has 0 bridgehead atoms. The Morgan fingerprint density at radius 2 is 1.93 bits per heavy atom. The third-order valence-electron chi connectivity index (χ3n) is 2.06. The summed E-state index contributed by atoms with van der Waals surface area (Å²) >= 11 is 3.38. The van der Waals surface area contributed by atoms with Gasteiger partial charge in [-0.3, -0.25) is 0 Å². The molecule has 1 heterocycles. The van der Waals surface area contributed by atoms with Crippen LogP contribution < -0.4 is 5.73 Å². The van der Waals surface area contributed by atoms with Crippen LogP contribution >= 0.6 is 15.9 Å². The van der Waals surface area contributed by atoms with Gasteiger partial charge in [-0.2, -0.15) is 0 Å². The minimum absolute atomic E-state index is 0.539. The van der Waals surface area contributed by atoms with Gasteiger partial charge in [-0.1, -0.05) is 33.2 Å². The van der Waals surface area contributed by atoms with Gasteiger partial charge in [-0.15, -0.1) is 0 Å². The van der Waals surface area contributed by atoms with Gasteiger partial charge in [0.2, 0.25) is 0 Å². The number of nitrogens with zero attached hydrogens (tertiary/aromatic N) is 2. The molecule has 0 aliphatic carbocycles. The van der Waals surface area contributed by atoms with Crippen LogP contribution in [0.5, 0.6) is 0 Å². The highest BCUT2D eigenvalue weighted by Crippen LogP contribution is 2.22. The topological polar surface area (TPSA) is 64.9 Å². The SMILES string of the molecule is NCCc1nonc1-c1ccc(Br)cc1. The molecule has 0 aliphatic heterocycles. The van der Waals surface area contributed by atoms with Gasteiger partial charge >= 0.3 is 0 Å². The number of rotatable bonds is 3. The molecule has 0 atom stereocenters. The zero-order valence-electron chi connectivity index (χ0n) is 7.98. The summed E-state index contributed by atoms with van der Waals surface area (Å²) in [5.74, 6) is 0. The van der Waals surface area contributed by atoms with E-state index in [2.05, 4.69) is 26.2 Å². The highest BCUT2D eigenvalue weighted by atomic mass is 79.9. The Bertz CT molecular complexity index is 438. The van der Waals surface area contributed by atoms with Crippen LogP contribution in [0.1, 0.15) is 5.69 Å². The maximum atomic E-state index is 5.47. The van der Waals surface area contributed by atoms with E-state index in [0.717, 1.165) is 21.4 Å². The third kappa shape index (κ3) is 2.24. The summed E-state index contributed by atoms with van der Waals surface area (Å²) in [6.45, 7) is 0.539. The number of nitrogens with two attached hydrogens (primary N) is 1. The Hall–Kier alpha value is -1.20. The number of halogens is 1. The summed E-state index contributed by atoms with van der Waals surface area (Å²) in [5, 5.41) is 7.70. The smallest absolute Gasteiger partial charge is 0.138 e. The molecule has 5 heteroatoms. The maximum Gasteiger partial charge on any atom is 0.138 e. The lowest BCUT2D eigenvalue weighted by Gasteiger charge is -1.98. The van der Waals surface area contributed by atoms with Gasteiger partial charge in [0.1, 0.15) is 11.4 Å². The molecular formula is C10H10BrN3O. The summed E-state index contributed by atoms with van der Waals surface area (Å²) in [5.41, 5.74) is 8.04. The van der Waals surface area contributed by atoms with Gasteiger partial charge in [0.25, 0.3) is 0 Å². The van der Waals surface area contributed by atoms with E-state index < -0.39 is 0 Å². The van der Waals surface area contributed by atoms with E-state index in [9.17, 15) is 0 Å². The number of hydrogen-bond acceptors (Lipinski definition) is 4. The zero-order valence-corrected chi connectivity index (χ0v) is 9.57. The largest absolute Gasteiger partial charge is 0.330 e. The van der Waals surface area contributed by atoms with Crippen molar-refractivity contribution in [3.8, 4) is 11.3 Å². The summed E-state index contributed by atoms with van der Waals surface area (Å²) in [4.78, 5) is 0. The highest BCUT2D eigenvalue weighted by molar-refractivity contribution is 9.10. The number of aromatic nitrogens is 2. The predicted molar refractivity (Wildman–Crippen MR) is 60.2 cm³/mol. The lowest BCUT2D eigenvalue weighted by molar-refractivity contribution is 0.304. The van der Waals surface area contributed by atoms with Crippen LogP contribution in [0.4, 0.5) is 0 Å². The van der Waals surface area contributed by atoms with Crippen LogP contribution in [0.2, 0.25) is 0 Å². The molecule has 15 heavy (non-hydrogen) atoms. The second-order valence-electron chi connectivity index (χ2n) is 3.11. The maximum absolute atomic E-state index is 5.47. The number of hydrogen-bond donors (Lipinski definition) is 1. The fourth-order valence-corrected chi connectivity index (χ4v) is 1.60. The van der Waals surface area contributed by atoms with Gasteiger partial charge in [-0.05, 0) is 23.8 Å². The van der Waals surface area contributed by atoms with E-state index in [1.165, 1.54) is 0 Å². The fourth-order valence-electron chi connectivity index (χ4n) is 1.33. The standard InChI is InChI=1S/C10H10BrN3O/c11-8-3-1-7(2-4-8)10-9(5-6-12)13-15-14-10/h1-4H,5-6,12H2. The van der Waals surface area contributed by atoms with Crippen molar-refractivity contribution in [2.75, 3.05) is 6.54 Å². The van der Waals surface area contributed by atoms with Crippen molar-refractivity contribution in [1.82, 2.24) is 10.3 Å². The molecule has 0 unspecified atom stereocenters. The number of benzene rings is 1. The molecule has 0 aliphatic rings. The van der Waals surface area contributed by atoms with E-state index in [1.807, 2.05) is 24.3 Å². The molecule has 0 spiro atoms. The first-order valence-electron chi connectivity index (χ1n) is 4.58. The molecule has 0 saturated carbocycles. The van der Waals surface area contributed by atoms with Crippen molar-refractivity contribution in [1.29, 1.82) is 0 Å². The van der Waals surface area contributed by atoms with Crippen LogP contribution in [0.25, 0.3) is 11.3 Å². The molecule has 1 aromatic carbocycles. The zero-order chi connectivity index (χ0) is 10.7. The van der Waals surface area contributed by atoms with E-state index in [1.54, 1.807) is 0 Å². The quantitative estimate of drug-likeness (QED) is 0.924. The molecule has 2 aromatic rings. The average molecular weight is 268 g/mol. The van der Waals surface area contributed by atoms with Crippen molar-refractivity contribution >= 4 is 15.9 Å². The Balaban J connectivity index is 2.36. The Kier molecular flexibility index (Phi) is 3.13. The molecule has 0 fully saturated rings. The van der Waals surface area contributed by atoms with Crippen molar-refractivity contribution in [3.63, 3.8) is 0 Å². The van der Waals surface area contributed by atoms with Gasteiger partial charge in [0.15, 0.2) is 0 Å². The normalized spacial score (nSPS) is 10.5. The first-order chi connectivity index (χ1) is 7.31. The Morgan fingerprint density at radius 3 is 2.60 bits per heavy atom. The van der Waals surface area contributed by atoms with Crippen LogP contribution in [0, 0.1) is 0 Å². The molecule has 0 amide bonds. The molecular weight excluding hydrogens is 258 g/mol. The van der Waals surface area contributed by atoms with Crippen LogP contribution in [-0.2, 0) is 6.42 Å². The van der Waals surface area contributed by atoms with Gasteiger partial charge < -0.3 is 5.73 Å². The van der Waals surface area contributed by atoms with Crippen LogP contribution in [-0.4, -0.2) is 16.9 Å². The minimum atomic E-state index is 0.539. The first kappa shape index (κ1) is 10.3. The van der Waals surface area contributed by atoms with E-state index in [0.29, 0.717) is 13.0 Å². The first-order valence-corrected chi connectivity index (χ1v) is 5.38. The monoisotopic (exact) mass is 267 g/mol. The molecule has 4 nitrogen and oxygen atoms in total. The van der Waals surface area contributed by atoms with E-state index in [-0.39, 0.29) is 0 Å². The average Bonchev–Trinajstić information content (AvgIpc) is 2.68. The van der Waals surface area contributed by atoms with Gasteiger partial charge in [0.05, 0.1) is 0 Å². The van der Waals surface area contributed by atoms with Crippen molar-refractivity contribution < 1.29 is 4.63 Å². The molecule has 78 valence electrons. The molecule has 0 radical (unpaired) electrons. The molecule has 0 saturated heterocycles. The predicted octanol–water partition coefficient (Wildman–Crippen LogP) is 2.00. The van der Waals surface area contributed by atoms with E-state index >= 15 is 0 Å². The highest BCUT2D eigenvalue weighted by Gasteiger charge is 2.10. The summed E-state index contributed by atoms with van der Waals surface area (Å²) in [7, 11) is 0. The molecule has 1 aromatic heterocycles. The summed E-state index contributed by atoms with van der Waals surface area (Å²) < 4.78 is 5.75. The molecule has 2 rings (SSSR count). The van der Waals surface area contributed by atoms with Crippen LogP contribution in [0.3, 0.4) is 0 Å². The summed E-state index contributed by atoms with van der Waals surface area (Å²) in [6, 6.07) is 7.83. The lowest BCUT2D eigenvalue weighted by Crippen LogP contribution is -2.03. The second-order valence-corrected chi connectivity index (χ2v) is 4.02. The van der Waals surface area contributed by atoms with Crippen molar-refractivity contribution in [2.24, 2.45) is 5.73 Å². The lowest BCUT2D eigenvalue weighted by atomic mass is 10.1. The van der Waals surface area contributed by atoms with Crippen molar-refractivity contribution in [2.45, 2.75) is 6.42 Å². The third-order valence-corrected chi connectivity index (χ3v) is 2.58. The Morgan fingerprint density at radius 1 is 1.20 bits per heavy atom. The summed E-state index contributed by atoms with van der Waals surface area (Å²) in [6.07, 6.45) is 0.675. The molecule has 2 N–H and O–H groups in total. The second kappa shape index (κ2) is 4.55. The van der Waals surface area contributed by atoms with E-state index in [4.69, 9.17) is 10.4 Å².